The third kappa shape index (κ3) is 18.3. The third-order valence-corrected chi connectivity index (χ3v) is 5.72. The minimum absolute atomic E-state index is 1.19. The van der Waals surface area contributed by atoms with E-state index in [0.29, 0.717) is 0 Å². The van der Waals surface area contributed by atoms with Gasteiger partial charge in [-0.1, -0.05) is 103 Å². The fraction of sp³-hybridized carbons (Fsp3) is 1.00. The van der Waals surface area contributed by atoms with Crippen molar-refractivity contribution in [2.24, 2.45) is 0 Å². The lowest BCUT2D eigenvalue weighted by Gasteiger charge is -2.28. The molecule has 24 heavy (non-hydrogen) atoms. The summed E-state index contributed by atoms with van der Waals surface area (Å²) in [6, 6.07) is 0. The molecule has 0 aliphatic carbocycles. The molecule has 1 heteroatoms. The third-order valence-electron chi connectivity index (χ3n) is 5.72. The maximum absolute atomic E-state index is 2.35. The van der Waals surface area contributed by atoms with E-state index in [1.165, 1.54) is 127 Å². The van der Waals surface area contributed by atoms with Gasteiger partial charge in [0.25, 0.3) is 0 Å². The van der Waals surface area contributed by atoms with Crippen LogP contribution in [0.3, 0.4) is 0 Å². The Balaban J connectivity index is 3.05. The monoisotopic (exact) mass is 340 g/mol. The molecule has 0 rings (SSSR count). The van der Waals surface area contributed by atoms with Gasteiger partial charge in [-0.2, -0.15) is 0 Å². The Morgan fingerprint density at radius 1 is 0.417 bits per heavy atom. The van der Waals surface area contributed by atoms with Crippen molar-refractivity contribution in [1.29, 1.82) is 0 Å². The molecule has 0 aromatic heterocycles. The molecule has 0 N–H and O–H groups in total. The van der Waals surface area contributed by atoms with Crippen molar-refractivity contribution in [2.45, 2.75) is 123 Å². The van der Waals surface area contributed by atoms with Crippen LogP contribution in [0.2, 0.25) is 0 Å². The summed E-state index contributed by atoms with van der Waals surface area (Å²) in [5.41, 5.74) is 0. The molecule has 0 amide bonds. The lowest BCUT2D eigenvalue weighted by molar-refractivity contribution is -0.888. The van der Waals surface area contributed by atoms with Gasteiger partial charge in [-0.3, -0.25) is 0 Å². The maximum Gasteiger partial charge on any atom is 0.0782 e. The summed E-state index contributed by atoms with van der Waals surface area (Å²) in [5, 5.41) is 0. The van der Waals surface area contributed by atoms with E-state index in [1.54, 1.807) is 0 Å². The summed E-state index contributed by atoms with van der Waals surface area (Å²) in [5.74, 6) is 0. The predicted molar refractivity (Wildman–Crippen MR) is 112 cm³/mol. The van der Waals surface area contributed by atoms with Crippen LogP contribution < -0.4 is 0 Å². The van der Waals surface area contributed by atoms with Crippen LogP contribution >= 0.6 is 0 Å². The molecule has 0 saturated heterocycles. The first kappa shape index (κ1) is 24.0. The average Bonchev–Trinajstić information content (AvgIpc) is 2.57. The molecular weight excluding hydrogens is 290 g/mol. The molecule has 0 aromatic carbocycles. The highest BCUT2D eigenvalue weighted by Gasteiger charge is 2.09. The lowest BCUT2D eigenvalue weighted by atomic mass is 10.0. The SMILES string of the molecule is CCCCCCCCCCCCCCCCCCC[N+](C)(C)CC. The first-order chi connectivity index (χ1) is 11.6. The summed E-state index contributed by atoms with van der Waals surface area (Å²) in [7, 11) is 4.71. The Bertz CT molecular complexity index is 234. The number of quaternary nitrogens is 1. The van der Waals surface area contributed by atoms with Gasteiger partial charge in [-0.15, -0.1) is 0 Å². The normalized spacial score (nSPS) is 12.0. The van der Waals surface area contributed by atoms with Crippen LogP contribution in [0.15, 0.2) is 0 Å². The van der Waals surface area contributed by atoms with Gasteiger partial charge in [0.2, 0.25) is 0 Å². The van der Waals surface area contributed by atoms with Crippen LogP contribution in [0.1, 0.15) is 123 Å². The van der Waals surface area contributed by atoms with Gasteiger partial charge >= 0.3 is 0 Å². The quantitative estimate of drug-likeness (QED) is 0.167. The zero-order valence-electron chi connectivity index (χ0n) is 17.9. The first-order valence-electron chi connectivity index (χ1n) is 11.4. The number of rotatable bonds is 19. The fourth-order valence-electron chi connectivity index (χ4n) is 3.42. The second kappa shape index (κ2) is 17.8. The van der Waals surface area contributed by atoms with Crippen molar-refractivity contribution >= 4 is 0 Å². The molecule has 0 aromatic rings. The second-order valence-electron chi connectivity index (χ2n) is 8.63. The van der Waals surface area contributed by atoms with Crippen LogP contribution in [-0.2, 0) is 0 Å². The summed E-state index contributed by atoms with van der Waals surface area (Å²) in [6.07, 6.45) is 24.9. The van der Waals surface area contributed by atoms with Crippen LogP contribution in [0.4, 0.5) is 0 Å². The van der Waals surface area contributed by atoms with Gasteiger partial charge in [0.1, 0.15) is 0 Å². The molecule has 0 heterocycles. The molecule has 0 spiro atoms. The molecule has 0 radical (unpaired) electrons. The summed E-state index contributed by atoms with van der Waals surface area (Å²) in [6.45, 7) is 7.22. The van der Waals surface area contributed by atoms with Gasteiger partial charge in [-0.05, 0) is 19.8 Å². The number of hydrogen-bond acceptors (Lipinski definition) is 0. The molecular formula is C23H50N+. The van der Waals surface area contributed by atoms with E-state index in [1.807, 2.05) is 0 Å². The smallest absolute Gasteiger partial charge is 0.0782 e. The van der Waals surface area contributed by atoms with E-state index in [0.717, 1.165) is 0 Å². The van der Waals surface area contributed by atoms with E-state index in [2.05, 4.69) is 27.9 Å². The molecule has 0 saturated carbocycles. The Kier molecular flexibility index (Phi) is 17.7. The highest BCUT2D eigenvalue weighted by Crippen LogP contribution is 2.14. The van der Waals surface area contributed by atoms with E-state index in [9.17, 15) is 0 Å². The van der Waals surface area contributed by atoms with E-state index < -0.39 is 0 Å². The maximum atomic E-state index is 2.35. The van der Waals surface area contributed by atoms with Crippen LogP contribution in [0.25, 0.3) is 0 Å². The van der Waals surface area contributed by atoms with Gasteiger partial charge in [0.05, 0.1) is 27.2 Å². The topological polar surface area (TPSA) is 0 Å². The zero-order valence-corrected chi connectivity index (χ0v) is 17.9. The number of unbranched alkanes of at least 4 members (excludes halogenated alkanes) is 16. The Hall–Kier alpha value is -0.0400. The van der Waals surface area contributed by atoms with Crippen LogP contribution in [0.5, 0.6) is 0 Å². The minimum atomic E-state index is 1.19. The predicted octanol–water partition coefficient (Wildman–Crippen LogP) is 7.73. The van der Waals surface area contributed by atoms with Gasteiger partial charge in [-0.25, -0.2) is 0 Å². The van der Waals surface area contributed by atoms with Crippen molar-refractivity contribution in [3.8, 4) is 0 Å². The van der Waals surface area contributed by atoms with Gasteiger partial charge in [0, 0.05) is 0 Å². The van der Waals surface area contributed by atoms with Crippen molar-refractivity contribution in [3.63, 3.8) is 0 Å². The largest absolute Gasteiger partial charge is 0.329 e. The Morgan fingerprint density at radius 2 is 0.708 bits per heavy atom. The van der Waals surface area contributed by atoms with E-state index >= 15 is 0 Å². The highest BCUT2D eigenvalue weighted by molar-refractivity contribution is 4.50. The molecule has 146 valence electrons. The standard InChI is InChI=1S/C23H50N/c1-5-7-8-9-10-11-12-13-14-15-16-17-18-19-20-21-22-23-24(3,4)6-2/h5-23H2,1-4H3/q+1. The fourth-order valence-corrected chi connectivity index (χ4v) is 3.42. The van der Waals surface area contributed by atoms with Crippen LogP contribution in [-0.4, -0.2) is 31.7 Å². The molecule has 0 bridgehead atoms. The van der Waals surface area contributed by atoms with Gasteiger partial charge < -0.3 is 4.48 Å². The molecule has 0 unspecified atom stereocenters. The minimum Gasteiger partial charge on any atom is -0.329 e. The molecule has 0 atom stereocenters. The van der Waals surface area contributed by atoms with Crippen LogP contribution in [0, 0.1) is 0 Å². The van der Waals surface area contributed by atoms with E-state index in [4.69, 9.17) is 0 Å². The second-order valence-corrected chi connectivity index (χ2v) is 8.63. The van der Waals surface area contributed by atoms with Crippen molar-refractivity contribution in [1.82, 2.24) is 0 Å². The van der Waals surface area contributed by atoms with Crippen molar-refractivity contribution in [2.75, 3.05) is 27.2 Å². The molecule has 0 aliphatic rings. The Morgan fingerprint density at radius 3 is 1.00 bits per heavy atom. The summed E-state index contributed by atoms with van der Waals surface area (Å²) in [4.78, 5) is 0. The average molecular weight is 341 g/mol. The van der Waals surface area contributed by atoms with Crippen molar-refractivity contribution < 1.29 is 4.48 Å². The first-order valence-corrected chi connectivity index (χ1v) is 11.4. The molecule has 1 nitrogen and oxygen atoms in total. The summed E-state index contributed by atoms with van der Waals surface area (Å²) >= 11 is 0. The lowest BCUT2D eigenvalue weighted by Crippen LogP contribution is -2.39. The molecule has 0 fully saturated rings. The number of nitrogens with zero attached hydrogens (tertiary/aromatic N) is 1. The summed E-state index contributed by atoms with van der Waals surface area (Å²) < 4.78 is 1.19. The van der Waals surface area contributed by atoms with Gasteiger partial charge in [0.15, 0.2) is 0 Å². The van der Waals surface area contributed by atoms with Crippen molar-refractivity contribution in [3.05, 3.63) is 0 Å². The van der Waals surface area contributed by atoms with E-state index in [-0.39, 0.29) is 0 Å². The Labute approximate surface area is 155 Å². The molecule has 0 aliphatic heterocycles. The number of hydrogen-bond donors (Lipinski definition) is 0. The highest BCUT2D eigenvalue weighted by atomic mass is 15.3. The zero-order chi connectivity index (χ0) is 17.9.